The van der Waals surface area contributed by atoms with Crippen LogP contribution in [0.2, 0.25) is 0 Å². The lowest BCUT2D eigenvalue weighted by atomic mass is 10.0. The lowest BCUT2D eigenvalue weighted by Gasteiger charge is -2.33. The first-order valence-electron chi connectivity index (χ1n) is 13.1. The average Bonchev–Trinajstić information content (AvgIpc) is 3.06. The molecular formula is C27H33F3N6O3S. The van der Waals surface area contributed by atoms with Crippen LogP contribution in [0.25, 0.3) is 0 Å². The van der Waals surface area contributed by atoms with Gasteiger partial charge in [0.25, 0.3) is 5.91 Å². The van der Waals surface area contributed by atoms with Gasteiger partial charge < -0.3 is 20.0 Å². The van der Waals surface area contributed by atoms with E-state index in [1.165, 1.54) is 11.1 Å². The third kappa shape index (κ3) is 6.42. The summed E-state index contributed by atoms with van der Waals surface area (Å²) in [6, 6.07) is 5.30. The topological polar surface area (TPSA) is 89.1 Å². The largest absolute Gasteiger partial charge is 0.416 e. The van der Waals surface area contributed by atoms with Crippen molar-refractivity contribution in [1.29, 1.82) is 0 Å². The molecule has 0 saturated carbocycles. The van der Waals surface area contributed by atoms with Crippen LogP contribution in [0.15, 0.2) is 41.4 Å². The molecule has 2 fully saturated rings. The number of halogens is 3. The van der Waals surface area contributed by atoms with Gasteiger partial charge in [-0.15, -0.1) is 12.6 Å². The highest BCUT2D eigenvalue weighted by Gasteiger charge is 2.52. The van der Waals surface area contributed by atoms with Crippen molar-refractivity contribution in [3.8, 4) is 0 Å². The molecule has 4 rings (SSSR count). The number of nitrogens with one attached hydrogen (secondary N) is 1. The van der Waals surface area contributed by atoms with E-state index in [-0.39, 0.29) is 23.0 Å². The number of imide groups is 1. The highest BCUT2D eigenvalue weighted by atomic mass is 32.1. The molecule has 1 N–H and O–H groups in total. The molecule has 2 aliphatic rings. The van der Waals surface area contributed by atoms with Crippen molar-refractivity contribution in [2.45, 2.75) is 50.3 Å². The summed E-state index contributed by atoms with van der Waals surface area (Å²) in [6.07, 6.45) is -2.76. The number of piperazine rings is 1. The average molecular weight is 579 g/mol. The van der Waals surface area contributed by atoms with Crippen LogP contribution < -0.4 is 10.2 Å². The summed E-state index contributed by atoms with van der Waals surface area (Å²) in [6.45, 7) is 10.8. The Morgan fingerprint density at radius 1 is 1.07 bits per heavy atom. The summed E-state index contributed by atoms with van der Waals surface area (Å²) in [5.41, 5.74) is -1.62. The minimum absolute atomic E-state index is 0.0176. The Bertz CT molecular complexity index is 1280. The predicted molar refractivity (Wildman–Crippen MR) is 147 cm³/mol. The molecule has 4 amide bonds. The number of urea groups is 1. The van der Waals surface area contributed by atoms with E-state index in [0.29, 0.717) is 24.3 Å². The zero-order chi connectivity index (χ0) is 29.2. The third-order valence-electron chi connectivity index (χ3n) is 7.37. The maximum absolute atomic E-state index is 13.4. The lowest BCUT2D eigenvalue weighted by molar-refractivity contribution is -0.137. The van der Waals surface area contributed by atoms with Gasteiger partial charge in [-0.3, -0.25) is 9.59 Å². The van der Waals surface area contributed by atoms with Gasteiger partial charge in [0.05, 0.1) is 11.3 Å². The molecule has 0 spiro atoms. The van der Waals surface area contributed by atoms with Crippen molar-refractivity contribution < 1.29 is 27.6 Å². The van der Waals surface area contributed by atoms with Gasteiger partial charge in [-0.1, -0.05) is 6.92 Å². The lowest BCUT2D eigenvalue weighted by Crippen LogP contribution is -2.46. The van der Waals surface area contributed by atoms with Gasteiger partial charge in [-0.25, -0.2) is 14.7 Å². The van der Waals surface area contributed by atoms with Crippen LogP contribution in [0.4, 0.5) is 29.5 Å². The maximum atomic E-state index is 13.4. The number of carbonyl (C=O) groups is 3. The van der Waals surface area contributed by atoms with Gasteiger partial charge in [-0.05, 0) is 56.3 Å². The van der Waals surface area contributed by atoms with E-state index >= 15 is 0 Å². The molecule has 2 aliphatic heterocycles. The number of alkyl halides is 3. The summed E-state index contributed by atoms with van der Waals surface area (Å²) >= 11 is 4.13. The van der Waals surface area contributed by atoms with E-state index in [1.807, 2.05) is 0 Å². The van der Waals surface area contributed by atoms with Gasteiger partial charge in [0.15, 0.2) is 0 Å². The van der Waals surface area contributed by atoms with Crippen LogP contribution in [0.5, 0.6) is 0 Å². The molecule has 40 heavy (non-hydrogen) atoms. The van der Waals surface area contributed by atoms with E-state index in [4.69, 9.17) is 0 Å². The molecule has 0 radical (unpaired) electrons. The van der Waals surface area contributed by atoms with Crippen LogP contribution in [-0.4, -0.2) is 82.3 Å². The Kier molecular flexibility index (Phi) is 8.76. The zero-order valence-corrected chi connectivity index (χ0v) is 23.6. The first-order chi connectivity index (χ1) is 18.8. The molecule has 13 heteroatoms. The Morgan fingerprint density at radius 2 is 1.75 bits per heavy atom. The SMILES string of the molecule is CCN1CCN(CCC(=O)Nc2cc(CN3C(=O)N(c4ccc(C(F)(F)F)cc4S)C(=O)C3(C)C)ccn2)CC1. The van der Waals surface area contributed by atoms with Gasteiger partial charge in [0.1, 0.15) is 11.4 Å². The van der Waals surface area contributed by atoms with Crippen LogP contribution in [-0.2, 0) is 22.3 Å². The summed E-state index contributed by atoms with van der Waals surface area (Å²) in [7, 11) is 0. The molecule has 0 unspecified atom stereocenters. The van der Waals surface area contributed by atoms with Crippen molar-refractivity contribution in [2.24, 2.45) is 0 Å². The number of rotatable bonds is 8. The monoisotopic (exact) mass is 578 g/mol. The number of aromatic nitrogens is 1. The molecule has 0 bridgehead atoms. The van der Waals surface area contributed by atoms with Gasteiger partial charge in [-0.2, -0.15) is 13.2 Å². The minimum Gasteiger partial charge on any atom is -0.311 e. The molecule has 2 aromatic rings. The number of anilines is 2. The van der Waals surface area contributed by atoms with Gasteiger partial charge >= 0.3 is 12.2 Å². The minimum atomic E-state index is -4.58. The summed E-state index contributed by atoms with van der Waals surface area (Å²) in [4.78, 5) is 50.1. The Hall–Kier alpha value is -3.16. The first-order valence-corrected chi connectivity index (χ1v) is 13.5. The van der Waals surface area contributed by atoms with Gasteiger partial charge in [0, 0.05) is 56.8 Å². The predicted octanol–water partition coefficient (Wildman–Crippen LogP) is 4.10. The molecule has 1 aromatic heterocycles. The number of hydrogen-bond donors (Lipinski definition) is 2. The fourth-order valence-corrected chi connectivity index (χ4v) is 5.13. The van der Waals surface area contributed by atoms with Crippen molar-refractivity contribution >= 4 is 42.0 Å². The van der Waals surface area contributed by atoms with Crippen LogP contribution >= 0.6 is 12.6 Å². The van der Waals surface area contributed by atoms with Crippen LogP contribution in [0, 0.1) is 0 Å². The second kappa shape index (κ2) is 11.8. The molecule has 0 aliphatic carbocycles. The number of thiol groups is 1. The van der Waals surface area contributed by atoms with Crippen molar-refractivity contribution in [2.75, 3.05) is 49.5 Å². The molecular weight excluding hydrogens is 545 g/mol. The number of benzene rings is 1. The second-order valence-electron chi connectivity index (χ2n) is 10.4. The molecule has 3 heterocycles. The molecule has 2 saturated heterocycles. The Labute approximate surface area is 236 Å². The van der Waals surface area contributed by atoms with E-state index in [2.05, 4.69) is 39.7 Å². The number of likely N-dealkylation sites (N-methyl/N-ethyl adjacent to an activating group) is 1. The number of hydrogen-bond acceptors (Lipinski definition) is 7. The number of carbonyl (C=O) groups excluding carboxylic acids is 3. The summed E-state index contributed by atoms with van der Waals surface area (Å²) in [5.74, 6) is -0.439. The van der Waals surface area contributed by atoms with E-state index in [9.17, 15) is 27.6 Å². The fourth-order valence-electron chi connectivity index (χ4n) is 4.82. The highest BCUT2D eigenvalue weighted by Crippen LogP contribution is 2.39. The normalized spacial score (nSPS) is 18.5. The number of nitrogens with zero attached hydrogens (tertiary/aromatic N) is 5. The quantitative estimate of drug-likeness (QED) is 0.362. The standard InChI is InChI=1S/C27H33F3N6O3S/c1-4-33-11-13-34(14-12-33)10-8-23(37)32-22-15-18(7-9-31-22)17-35-25(39)36(24(38)26(35,2)3)20-6-5-19(16-21(20)40)27(28,29)30/h5-7,9,15-16,40H,4,8,10-14,17H2,1-3H3,(H,31,32,37). The maximum Gasteiger partial charge on any atom is 0.416 e. The molecule has 216 valence electrons. The van der Waals surface area contributed by atoms with Crippen LogP contribution in [0.3, 0.4) is 0 Å². The van der Waals surface area contributed by atoms with Crippen LogP contribution in [0.1, 0.15) is 38.3 Å². The Balaban J connectivity index is 1.42. The molecule has 1 aromatic carbocycles. The second-order valence-corrected chi connectivity index (χ2v) is 10.9. The zero-order valence-electron chi connectivity index (χ0n) is 22.7. The highest BCUT2D eigenvalue weighted by molar-refractivity contribution is 7.80. The first kappa shape index (κ1) is 29.8. The molecule has 9 nitrogen and oxygen atoms in total. The molecule has 0 atom stereocenters. The third-order valence-corrected chi connectivity index (χ3v) is 7.73. The Morgan fingerprint density at radius 3 is 2.38 bits per heavy atom. The number of pyridine rings is 1. The van der Waals surface area contributed by atoms with E-state index in [0.717, 1.165) is 55.8 Å². The summed E-state index contributed by atoms with van der Waals surface area (Å²) in [5, 5.41) is 2.80. The smallest absolute Gasteiger partial charge is 0.311 e. The van der Waals surface area contributed by atoms with Crippen molar-refractivity contribution in [3.63, 3.8) is 0 Å². The van der Waals surface area contributed by atoms with Crippen molar-refractivity contribution in [3.05, 3.63) is 47.7 Å². The fraction of sp³-hybridized carbons (Fsp3) is 0.481. The number of amides is 4. The van der Waals surface area contributed by atoms with Crippen molar-refractivity contribution in [1.82, 2.24) is 19.7 Å². The van der Waals surface area contributed by atoms with E-state index < -0.39 is 29.2 Å². The summed E-state index contributed by atoms with van der Waals surface area (Å²) < 4.78 is 39.3. The van der Waals surface area contributed by atoms with E-state index in [1.54, 1.807) is 26.0 Å². The van der Waals surface area contributed by atoms with Gasteiger partial charge in [0.2, 0.25) is 5.91 Å².